The molecule has 0 saturated heterocycles. The average Bonchev–Trinajstić information content (AvgIpc) is 3.04. The van der Waals surface area contributed by atoms with Gasteiger partial charge in [0.1, 0.15) is 17.9 Å². The van der Waals surface area contributed by atoms with Crippen LogP contribution in [0.25, 0.3) is 22.1 Å². The van der Waals surface area contributed by atoms with Crippen LogP contribution in [-0.4, -0.2) is 29.9 Å². The zero-order valence-electron chi connectivity index (χ0n) is 16.4. The Labute approximate surface area is 177 Å². The van der Waals surface area contributed by atoms with Crippen molar-refractivity contribution in [3.8, 4) is 16.9 Å². The molecule has 0 aliphatic carbocycles. The first-order chi connectivity index (χ1) is 15.1. The molecule has 6 nitrogen and oxygen atoms in total. The summed E-state index contributed by atoms with van der Waals surface area (Å²) in [4.78, 5) is 38.1. The van der Waals surface area contributed by atoms with Crippen LogP contribution in [0, 0.1) is 0 Å². The standard InChI is InChI=1S/C25H17NO5/c27-23-15-21(16-6-2-1-3-7-16)18-11-10-17(14-22(18)31-23)30-13-12-26-24(28)19-8-4-5-9-20(19)25(26)29/h1-11,14-15H,12-13H2. The second-order valence-corrected chi connectivity index (χ2v) is 7.16. The minimum Gasteiger partial charge on any atom is -0.492 e. The number of amides is 2. The van der Waals surface area contributed by atoms with Crippen molar-refractivity contribution in [2.75, 3.05) is 13.2 Å². The summed E-state index contributed by atoms with van der Waals surface area (Å²) in [5.74, 6) is -0.153. The fourth-order valence-corrected chi connectivity index (χ4v) is 3.79. The van der Waals surface area contributed by atoms with E-state index in [1.54, 1.807) is 36.4 Å². The van der Waals surface area contributed by atoms with Gasteiger partial charge in [-0.15, -0.1) is 0 Å². The molecular weight excluding hydrogens is 394 g/mol. The molecule has 0 atom stereocenters. The third-order valence-corrected chi connectivity index (χ3v) is 5.26. The van der Waals surface area contributed by atoms with Gasteiger partial charge >= 0.3 is 5.63 Å². The molecule has 6 heteroatoms. The highest BCUT2D eigenvalue weighted by molar-refractivity contribution is 6.21. The van der Waals surface area contributed by atoms with Gasteiger partial charge in [0.25, 0.3) is 11.8 Å². The van der Waals surface area contributed by atoms with E-state index in [9.17, 15) is 14.4 Å². The number of fused-ring (bicyclic) bond motifs is 2. The summed E-state index contributed by atoms with van der Waals surface area (Å²) < 4.78 is 11.1. The number of hydrogen-bond donors (Lipinski definition) is 0. The fourth-order valence-electron chi connectivity index (χ4n) is 3.79. The van der Waals surface area contributed by atoms with Gasteiger partial charge < -0.3 is 9.15 Å². The van der Waals surface area contributed by atoms with Crippen LogP contribution in [0.1, 0.15) is 20.7 Å². The highest BCUT2D eigenvalue weighted by Gasteiger charge is 2.34. The number of imide groups is 1. The lowest BCUT2D eigenvalue weighted by Gasteiger charge is -2.14. The second kappa shape index (κ2) is 7.57. The van der Waals surface area contributed by atoms with Crippen LogP contribution < -0.4 is 10.4 Å². The van der Waals surface area contributed by atoms with E-state index >= 15 is 0 Å². The predicted molar refractivity (Wildman–Crippen MR) is 115 cm³/mol. The highest BCUT2D eigenvalue weighted by atomic mass is 16.5. The zero-order valence-corrected chi connectivity index (χ0v) is 16.4. The minimum atomic E-state index is -0.450. The Morgan fingerprint density at radius 2 is 1.42 bits per heavy atom. The molecule has 0 fully saturated rings. The summed E-state index contributed by atoms with van der Waals surface area (Å²) in [5, 5.41) is 0.790. The maximum atomic E-state index is 12.4. The monoisotopic (exact) mass is 411 g/mol. The van der Waals surface area contributed by atoms with Gasteiger partial charge in [-0.05, 0) is 35.4 Å². The third kappa shape index (κ3) is 3.38. The van der Waals surface area contributed by atoms with Gasteiger partial charge in [0.2, 0.25) is 0 Å². The molecule has 0 N–H and O–H groups in total. The first kappa shape index (κ1) is 18.8. The summed E-state index contributed by atoms with van der Waals surface area (Å²) in [7, 11) is 0. The Hall–Kier alpha value is -4.19. The Morgan fingerprint density at radius 3 is 2.13 bits per heavy atom. The van der Waals surface area contributed by atoms with Crippen molar-refractivity contribution in [2.45, 2.75) is 0 Å². The Kier molecular flexibility index (Phi) is 4.59. The summed E-state index contributed by atoms with van der Waals surface area (Å²) in [6, 6.07) is 23.1. The molecule has 0 unspecified atom stereocenters. The largest absolute Gasteiger partial charge is 0.492 e. The molecule has 4 aromatic rings. The topological polar surface area (TPSA) is 76.8 Å². The van der Waals surface area contributed by atoms with Crippen LogP contribution in [0.5, 0.6) is 5.75 Å². The van der Waals surface area contributed by atoms with Gasteiger partial charge in [0.15, 0.2) is 0 Å². The molecule has 31 heavy (non-hydrogen) atoms. The van der Waals surface area contributed by atoms with Crippen LogP contribution in [0.4, 0.5) is 0 Å². The fraction of sp³-hybridized carbons (Fsp3) is 0.0800. The number of nitrogens with zero attached hydrogens (tertiary/aromatic N) is 1. The molecule has 5 rings (SSSR count). The van der Waals surface area contributed by atoms with Crippen LogP contribution >= 0.6 is 0 Å². The number of hydrogen-bond acceptors (Lipinski definition) is 5. The highest BCUT2D eigenvalue weighted by Crippen LogP contribution is 2.29. The van der Waals surface area contributed by atoms with E-state index in [1.807, 2.05) is 36.4 Å². The van der Waals surface area contributed by atoms with Crippen molar-refractivity contribution < 1.29 is 18.7 Å². The second-order valence-electron chi connectivity index (χ2n) is 7.16. The average molecular weight is 411 g/mol. The molecule has 2 amide bonds. The van der Waals surface area contributed by atoms with Crippen LogP contribution in [-0.2, 0) is 0 Å². The normalized spacial score (nSPS) is 13.0. The molecule has 0 radical (unpaired) electrons. The van der Waals surface area contributed by atoms with Crippen molar-refractivity contribution in [3.63, 3.8) is 0 Å². The molecule has 1 aromatic heterocycles. The molecule has 1 aliphatic heterocycles. The van der Waals surface area contributed by atoms with Crippen molar-refractivity contribution >= 4 is 22.8 Å². The van der Waals surface area contributed by atoms with Gasteiger partial charge in [-0.25, -0.2) is 4.79 Å². The zero-order chi connectivity index (χ0) is 21.4. The predicted octanol–water partition coefficient (Wildman–Crippen LogP) is 4.14. The van der Waals surface area contributed by atoms with Gasteiger partial charge in [-0.3, -0.25) is 14.5 Å². The van der Waals surface area contributed by atoms with Crippen LogP contribution in [0.3, 0.4) is 0 Å². The quantitative estimate of drug-likeness (QED) is 0.364. The first-order valence-corrected chi connectivity index (χ1v) is 9.83. The molecule has 2 heterocycles. The van der Waals surface area contributed by atoms with Crippen LogP contribution in [0.15, 0.2) is 88.1 Å². The van der Waals surface area contributed by atoms with Crippen molar-refractivity contribution in [2.24, 2.45) is 0 Å². The summed E-state index contributed by atoms with van der Waals surface area (Å²) in [6.45, 7) is 0.248. The Balaban J connectivity index is 1.35. The molecule has 152 valence electrons. The number of benzene rings is 3. The number of rotatable bonds is 5. The van der Waals surface area contributed by atoms with E-state index in [4.69, 9.17) is 9.15 Å². The Morgan fingerprint density at radius 1 is 0.742 bits per heavy atom. The maximum Gasteiger partial charge on any atom is 0.336 e. The van der Waals surface area contributed by atoms with E-state index in [1.165, 1.54) is 11.0 Å². The van der Waals surface area contributed by atoms with Crippen molar-refractivity contribution in [1.29, 1.82) is 0 Å². The lowest BCUT2D eigenvalue weighted by molar-refractivity contribution is 0.0631. The van der Waals surface area contributed by atoms with Gasteiger partial charge in [-0.2, -0.15) is 0 Å². The molecular formula is C25H17NO5. The van der Waals surface area contributed by atoms with Gasteiger partial charge in [0.05, 0.1) is 17.7 Å². The van der Waals surface area contributed by atoms with E-state index < -0.39 is 5.63 Å². The van der Waals surface area contributed by atoms with Crippen molar-refractivity contribution in [3.05, 3.63) is 100 Å². The van der Waals surface area contributed by atoms with E-state index in [0.717, 1.165) is 16.5 Å². The van der Waals surface area contributed by atoms with Crippen molar-refractivity contribution in [1.82, 2.24) is 4.90 Å². The van der Waals surface area contributed by atoms with E-state index in [-0.39, 0.29) is 25.0 Å². The lowest BCUT2D eigenvalue weighted by atomic mass is 10.0. The number of ether oxygens (including phenoxy) is 1. The molecule has 0 spiro atoms. The van der Waals surface area contributed by atoms with Crippen LogP contribution in [0.2, 0.25) is 0 Å². The SMILES string of the molecule is O=C1c2ccccc2C(=O)N1CCOc1ccc2c(-c3ccccc3)cc(=O)oc2c1. The first-order valence-electron chi connectivity index (χ1n) is 9.83. The molecule has 3 aromatic carbocycles. The minimum absolute atomic E-state index is 0.123. The summed E-state index contributed by atoms with van der Waals surface area (Å²) in [6.07, 6.45) is 0. The number of carbonyl (C=O) groups is 2. The smallest absolute Gasteiger partial charge is 0.336 e. The summed E-state index contributed by atoms with van der Waals surface area (Å²) >= 11 is 0. The number of carbonyl (C=O) groups excluding carboxylic acids is 2. The molecule has 1 aliphatic rings. The summed E-state index contributed by atoms with van der Waals surface area (Å²) in [5.41, 5.74) is 2.48. The van der Waals surface area contributed by atoms with E-state index in [2.05, 4.69) is 0 Å². The molecule has 0 saturated carbocycles. The maximum absolute atomic E-state index is 12.4. The van der Waals surface area contributed by atoms with Gasteiger partial charge in [0, 0.05) is 17.5 Å². The third-order valence-electron chi connectivity index (χ3n) is 5.26. The van der Waals surface area contributed by atoms with Gasteiger partial charge in [-0.1, -0.05) is 42.5 Å². The lowest BCUT2D eigenvalue weighted by Crippen LogP contribution is -2.33. The molecule has 0 bridgehead atoms. The Bertz CT molecular complexity index is 1340. The van der Waals surface area contributed by atoms with E-state index in [0.29, 0.717) is 22.5 Å².